The highest BCUT2D eigenvalue weighted by Gasteiger charge is 2.16. The van der Waals surface area contributed by atoms with Gasteiger partial charge in [-0.25, -0.2) is 0 Å². The van der Waals surface area contributed by atoms with Crippen LogP contribution in [0.25, 0.3) is 16.3 Å². The Morgan fingerprint density at radius 1 is 1.00 bits per heavy atom. The van der Waals surface area contributed by atoms with Crippen LogP contribution >= 0.6 is 11.3 Å². The molecule has 3 aromatic rings. The van der Waals surface area contributed by atoms with E-state index in [1.54, 1.807) is 49.1 Å². The number of carbonyl (C=O) groups is 1. The van der Waals surface area contributed by atoms with E-state index in [2.05, 4.69) is 10.9 Å². The van der Waals surface area contributed by atoms with Gasteiger partial charge in [0.25, 0.3) is 5.91 Å². The zero-order valence-electron chi connectivity index (χ0n) is 19.0. The van der Waals surface area contributed by atoms with Gasteiger partial charge in [-0.2, -0.15) is 4.99 Å². The number of aromatic nitrogens is 1. The molecule has 1 aromatic heterocycles. The highest BCUT2D eigenvalue weighted by atomic mass is 32.1. The number of ether oxygens (including phenoxy) is 5. The van der Waals surface area contributed by atoms with Crippen LogP contribution in [-0.4, -0.2) is 46.0 Å². The molecular formula is C24H24N2O6S. The molecule has 3 rings (SSSR count). The van der Waals surface area contributed by atoms with Crippen molar-refractivity contribution >= 4 is 33.5 Å². The van der Waals surface area contributed by atoms with Crippen LogP contribution in [0.3, 0.4) is 0 Å². The molecule has 0 saturated carbocycles. The van der Waals surface area contributed by atoms with Crippen LogP contribution in [0.15, 0.2) is 35.3 Å². The van der Waals surface area contributed by atoms with E-state index in [0.717, 1.165) is 10.2 Å². The number of hydrogen-bond acceptors (Lipinski definition) is 7. The summed E-state index contributed by atoms with van der Waals surface area (Å²) in [5, 5.41) is 0. The Hall–Kier alpha value is -3.90. The number of methoxy groups -OCH3 is 5. The maximum Gasteiger partial charge on any atom is 0.272 e. The number of carbonyl (C=O) groups excluding carboxylic acids is 1. The predicted octanol–water partition coefficient (Wildman–Crippen LogP) is 3.52. The monoisotopic (exact) mass is 468 g/mol. The van der Waals surface area contributed by atoms with Crippen LogP contribution in [0.4, 0.5) is 0 Å². The topological polar surface area (TPSA) is 80.5 Å². The largest absolute Gasteiger partial charge is 0.495 e. The number of rotatable bonds is 8. The molecular weight excluding hydrogens is 444 g/mol. The Balaban J connectivity index is 2.06. The molecule has 2 aromatic carbocycles. The van der Waals surface area contributed by atoms with Crippen molar-refractivity contribution in [2.75, 3.05) is 35.5 Å². The lowest BCUT2D eigenvalue weighted by molar-refractivity contribution is -0.113. The second-order valence-corrected chi connectivity index (χ2v) is 7.54. The normalized spacial score (nSPS) is 11.5. The van der Waals surface area contributed by atoms with Crippen LogP contribution in [0, 0.1) is 12.3 Å². The molecule has 9 heteroatoms. The molecule has 0 radical (unpaired) electrons. The van der Waals surface area contributed by atoms with E-state index in [1.165, 1.54) is 38.7 Å². The SMILES string of the molecule is C#CCn1c(=NC(=O)/C=C\c2cc(OC)c(OC)c(OC)c2)sc2c(OC)ccc(OC)c21. The number of amides is 1. The molecule has 0 atom stereocenters. The fourth-order valence-electron chi connectivity index (χ4n) is 3.27. The first-order valence-electron chi connectivity index (χ1n) is 9.75. The number of hydrogen-bond donors (Lipinski definition) is 0. The summed E-state index contributed by atoms with van der Waals surface area (Å²) in [4.78, 5) is 17.4. The number of benzene rings is 2. The van der Waals surface area contributed by atoms with E-state index < -0.39 is 5.91 Å². The van der Waals surface area contributed by atoms with E-state index in [4.69, 9.17) is 30.1 Å². The summed E-state index contributed by atoms with van der Waals surface area (Å²) >= 11 is 1.30. The first-order chi connectivity index (χ1) is 16.0. The molecule has 172 valence electrons. The van der Waals surface area contributed by atoms with Gasteiger partial charge in [0, 0.05) is 6.08 Å². The molecule has 0 aliphatic carbocycles. The molecule has 0 spiro atoms. The summed E-state index contributed by atoms with van der Waals surface area (Å²) in [6.45, 7) is 0.215. The van der Waals surface area contributed by atoms with Crippen LogP contribution < -0.4 is 28.5 Å². The van der Waals surface area contributed by atoms with Gasteiger partial charge in [-0.1, -0.05) is 17.3 Å². The molecule has 1 amide bonds. The number of fused-ring (bicyclic) bond motifs is 1. The van der Waals surface area contributed by atoms with Crippen molar-refractivity contribution < 1.29 is 28.5 Å². The molecule has 1 heterocycles. The number of terminal acetylenes is 1. The third-order valence-electron chi connectivity index (χ3n) is 4.75. The lowest BCUT2D eigenvalue weighted by Crippen LogP contribution is -2.16. The van der Waals surface area contributed by atoms with Gasteiger partial charge in [0.15, 0.2) is 16.3 Å². The molecule has 8 nitrogen and oxygen atoms in total. The van der Waals surface area contributed by atoms with Crippen molar-refractivity contribution in [2.24, 2.45) is 4.99 Å². The Labute approximate surface area is 195 Å². The molecule has 0 aliphatic heterocycles. The molecule has 0 fully saturated rings. The number of thiazole rings is 1. The Kier molecular flexibility index (Phi) is 7.64. The standard InChI is InChI=1S/C24H24N2O6S/c1-7-12-26-21-16(28-2)9-10-17(29-3)23(21)33-24(26)25-20(27)11-8-15-13-18(30-4)22(32-6)19(14-15)31-5/h1,8-11,13-14H,12H2,2-6H3/b11-8-,25-24?. The Morgan fingerprint density at radius 3 is 2.15 bits per heavy atom. The van der Waals surface area contributed by atoms with Gasteiger partial charge in [0.05, 0.1) is 42.1 Å². The van der Waals surface area contributed by atoms with Crippen molar-refractivity contribution in [3.05, 3.63) is 40.7 Å². The van der Waals surface area contributed by atoms with E-state index in [0.29, 0.717) is 39.1 Å². The number of nitrogens with zero attached hydrogens (tertiary/aromatic N) is 2. The minimum absolute atomic E-state index is 0.215. The van der Waals surface area contributed by atoms with Crippen molar-refractivity contribution in [1.82, 2.24) is 4.57 Å². The van der Waals surface area contributed by atoms with E-state index >= 15 is 0 Å². The molecule has 0 aliphatic rings. The lowest BCUT2D eigenvalue weighted by Gasteiger charge is -2.12. The maximum atomic E-state index is 12.7. The summed E-state index contributed by atoms with van der Waals surface area (Å²) < 4.78 is 29.5. The highest BCUT2D eigenvalue weighted by Crippen LogP contribution is 2.38. The molecule has 0 unspecified atom stereocenters. The maximum absolute atomic E-state index is 12.7. The van der Waals surface area contributed by atoms with Crippen molar-refractivity contribution in [3.8, 4) is 41.1 Å². The summed E-state index contributed by atoms with van der Waals surface area (Å²) in [6, 6.07) is 7.06. The van der Waals surface area contributed by atoms with Gasteiger partial charge in [-0.15, -0.1) is 6.42 Å². The predicted molar refractivity (Wildman–Crippen MR) is 127 cm³/mol. The van der Waals surface area contributed by atoms with Crippen molar-refractivity contribution in [3.63, 3.8) is 0 Å². The fraction of sp³-hybridized carbons (Fsp3) is 0.250. The average molecular weight is 469 g/mol. The third kappa shape index (κ3) is 4.81. The second kappa shape index (κ2) is 10.6. The Morgan fingerprint density at radius 2 is 1.61 bits per heavy atom. The van der Waals surface area contributed by atoms with Crippen LogP contribution in [0.5, 0.6) is 28.7 Å². The smallest absolute Gasteiger partial charge is 0.272 e. The van der Waals surface area contributed by atoms with Gasteiger partial charge < -0.3 is 28.3 Å². The quantitative estimate of drug-likeness (QED) is 0.372. The second-order valence-electron chi connectivity index (χ2n) is 6.56. The molecule has 0 N–H and O–H groups in total. The van der Waals surface area contributed by atoms with Gasteiger partial charge in [0.1, 0.15) is 21.7 Å². The summed E-state index contributed by atoms with van der Waals surface area (Å²) in [5.74, 6) is 4.83. The van der Waals surface area contributed by atoms with Crippen LogP contribution in [0.2, 0.25) is 0 Å². The first-order valence-corrected chi connectivity index (χ1v) is 10.6. The van der Waals surface area contributed by atoms with E-state index in [9.17, 15) is 4.79 Å². The van der Waals surface area contributed by atoms with Crippen LogP contribution in [0.1, 0.15) is 5.56 Å². The average Bonchev–Trinajstić information content (AvgIpc) is 3.19. The van der Waals surface area contributed by atoms with Gasteiger partial charge in [-0.3, -0.25) is 4.79 Å². The van der Waals surface area contributed by atoms with E-state index in [1.807, 2.05) is 0 Å². The summed E-state index contributed by atoms with van der Waals surface area (Å²) in [7, 11) is 7.73. The minimum Gasteiger partial charge on any atom is -0.495 e. The van der Waals surface area contributed by atoms with Gasteiger partial charge in [0.2, 0.25) is 5.75 Å². The van der Waals surface area contributed by atoms with Gasteiger partial charge in [-0.05, 0) is 35.9 Å². The summed E-state index contributed by atoms with van der Waals surface area (Å²) in [6.07, 6.45) is 8.55. The zero-order chi connectivity index (χ0) is 24.0. The minimum atomic E-state index is -0.459. The van der Waals surface area contributed by atoms with Crippen molar-refractivity contribution in [1.29, 1.82) is 0 Å². The van der Waals surface area contributed by atoms with Gasteiger partial charge >= 0.3 is 0 Å². The zero-order valence-corrected chi connectivity index (χ0v) is 19.8. The third-order valence-corrected chi connectivity index (χ3v) is 5.85. The fourth-order valence-corrected chi connectivity index (χ4v) is 4.42. The molecule has 0 saturated heterocycles. The molecule has 33 heavy (non-hydrogen) atoms. The van der Waals surface area contributed by atoms with Crippen molar-refractivity contribution in [2.45, 2.75) is 6.54 Å². The Bertz CT molecular complexity index is 1290. The highest BCUT2D eigenvalue weighted by molar-refractivity contribution is 7.16. The lowest BCUT2D eigenvalue weighted by atomic mass is 10.1. The molecule has 0 bridgehead atoms. The summed E-state index contributed by atoms with van der Waals surface area (Å²) in [5.41, 5.74) is 1.41. The first kappa shape index (κ1) is 23.8. The van der Waals surface area contributed by atoms with Crippen LogP contribution in [-0.2, 0) is 11.3 Å². The van der Waals surface area contributed by atoms with E-state index in [-0.39, 0.29) is 6.54 Å².